The van der Waals surface area contributed by atoms with Gasteiger partial charge in [0.2, 0.25) is 5.91 Å². The van der Waals surface area contributed by atoms with E-state index in [2.05, 4.69) is 5.32 Å². The molecule has 1 aromatic rings. The lowest BCUT2D eigenvalue weighted by molar-refractivity contribution is -0.120. The number of hydrogen-bond donors (Lipinski definition) is 1. The SMILES string of the molecule is N#CCC(=O)NCC1CCN(C(=O)c2ccc(F)c(F)c2F)CC1. The summed E-state index contributed by atoms with van der Waals surface area (Å²) in [6.07, 6.45) is 0.973. The molecule has 24 heavy (non-hydrogen) atoms. The molecule has 1 heterocycles. The number of carbonyl (C=O) groups excluding carboxylic acids is 2. The third kappa shape index (κ3) is 4.04. The lowest BCUT2D eigenvalue weighted by Gasteiger charge is -2.32. The molecule has 1 N–H and O–H groups in total. The van der Waals surface area contributed by atoms with Crippen LogP contribution >= 0.6 is 0 Å². The Morgan fingerprint density at radius 1 is 1.21 bits per heavy atom. The molecule has 0 aromatic heterocycles. The molecule has 5 nitrogen and oxygen atoms in total. The van der Waals surface area contributed by atoms with Crippen molar-refractivity contribution in [1.29, 1.82) is 5.26 Å². The van der Waals surface area contributed by atoms with Crippen LogP contribution in [-0.4, -0.2) is 36.3 Å². The van der Waals surface area contributed by atoms with Crippen LogP contribution in [0.3, 0.4) is 0 Å². The smallest absolute Gasteiger partial charge is 0.256 e. The van der Waals surface area contributed by atoms with Gasteiger partial charge in [-0.1, -0.05) is 0 Å². The van der Waals surface area contributed by atoms with Gasteiger partial charge >= 0.3 is 0 Å². The summed E-state index contributed by atoms with van der Waals surface area (Å²) >= 11 is 0. The third-order valence-electron chi connectivity index (χ3n) is 3.99. The minimum Gasteiger partial charge on any atom is -0.355 e. The number of nitriles is 1. The van der Waals surface area contributed by atoms with Crippen LogP contribution in [0.25, 0.3) is 0 Å². The van der Waals surface area contributed by atoms with E-state index >= 15 is 0 Å². The molecule has 2 rings (SSSR count). The van der Waals surface area contributed by atoms with Gasteiger partial charge in [-0.05, 0) is 30.9 Å². The zero-order valence-corrected chi connectivity index (χ0v) is 12.8. The van der Waals surface area contributed by atoms with E-state index in [1.807, 2.05) is 0 Å². The first-order valence-corrected chi connectivity index (χ1v) is 7.50. The van der Waals surface area contributed by atoms with E-state index < -0.39 is 28.9 Å². The predicted octanol–water partition coefficient (Wildman–Crippen LogP) is 1.99. The number of hydrogen-bond acceptors (Lipinski definition) is 3. The lowest BCUT2D eigenvalue weighted by Crippen LogP contribution is -2.41. The van der Waals surface area contributed by atoms with Crippen LogP contribution in [0.1, 0.15) is 29.6 Å². The van der Waals surface area contributed by atoms with Gasteiger partial charge in [-0.3, -0.25) is 9.59 Å². The number of amides is 2. The highest BCUT2D eigenvalue weighted by Crippen LogP contribution is 2.21. The maximum atomic E-state index is 13.7. The molecule has 0 bridgehead atoms. The summed E-state index contributed by atoms with van der Waals surface area (Å²) < 4.78 is 39.9. The molecule has 0 radical (unpaired) electrons. The second-order valence-electron chi connectivity index (χ2n) is 5.60. The van der Waals surface area contributed by atoms with Gasteiger partial charge in [-0.15, -0.1) is 0 Å². The number of halogens is 3. The second-order valence-corrected chi connectivity index (χ2v) is 5.60. The van der Waals surface area contributed by atoms with Crippen LogP contribution in [0, 0.1) is 34.7 Å². The van der Waals surface area contributed by atoms with E-state index in [1.165, 1.54) is 4.90 Å². The summed E-state index contributed by atoms with van der Waals surface area (Å²) in [4.78, 5) is 24.8. The molecule has 0 spiro atoms. The molecular weight excluding hydrogens is 323 g/mol. The van der Waals surface area contributed by atoms with E-state index in [9.17, 15) is 22.8 Å². The standard InChI is InChI=1S/C16H16F3N3O2/c17-12-2-1-11(14(18)15(12)19)16(24)22-7-4-10(5-8-22)9-21-13(23)3-6-20/h1-2,10H,3-5,7-9H2,(H,21,23). The van der Waals surface area contributed by atoms with Gasteiger partial charge in [-0.2, -0.15) is 5.26 Å². The number of rotatable bonds is 4. The Bertz CT molecular complexity index is 680. The van der Waals surface area contributed by atoms with Crippen LogP contribution in [0.15, 0.2) is 12.1 Å². The number of carbonyl (C=O) groups is 2. The fourth-order valence-electron chi connectivity index (χ4n) is 2.59. The van der Waals surface area contributed by atoms with Crippen molar-refractivity contribution in [2.45, 2.75) is 19.3 Å². The number of likely N-dealkylation sites (tertiary alicyclic amines) is 1. The van der Waals surface area contributed by atoms with Gasteiger partial charge in [0.15, 0.2) is 17.5 Å². The van der Waals surface area contributed by atoms with Crippen LogP contribution in [-0.2, 0) is 4.79 Å². The van der Waals surface area contributed by atoms with Crippen molar-refractivity contribution in [2.24, 2.45) is 5.92 Å². The maximum Gasteiger partial charge on any atom is 0.256 e. The lowest BCUT2D eigenvalue weighted by atomic mass is 9.96. The summed E-state index contributed by atoms with van der Waals surface area (Å²) in [6.45, 7) is 1.06. The van der Waals surface area contributed by atoms with E-state index in [-0.39, 0.29) is 18.2 Å². The first-order chi connectivity index (χ1) is 11.4. The van der Waals surface area contributed by atoms with Crippen molar-refractivity contribution >= 4 is 11.8 Å². The molecule has 0 aliphatic carbocycles. The highest BCUT2D eigenvalue weighted by Gasteiger charge is 2.27. The van der Waals surface area contributed by atoms with Gasteiger partial charge < -0.3 is 10.2 Å². The van der Waals surface area contributed by atoms with E-state index in [1.54, 1.807) is 6.07 Å². The number of piperidine rings is 1. The second kappa shape index (κ2) is 7.81. The average Bonchev–Trinajstić information content (AvgIpc) is 2.58. The summed E-state index contributed by atoms with van der Waals surface area (Å²) in [5.41, 5.74) is -0.491. The summed E-state index contributed by atoms with van der Waals surface area (Å²) in [6, 6.07) is 3.41. The molecular formula is C16H16F3N3O2. The van der Waals surface area contributed by atoms with Crippen LogP contribution in [0.4, 0.5) is 13.2 Å². The molecule has 2 amide bonds. The number of benzene rings is 1. The summed E-state index contributed by atoms with van der Waals surface area (Å²) in [7, 11) is 0. The van der Waals surface area contributed by atoms with E-state index in [0.717, 1.165) is 12.1 Å². The van der Waals surface area contributed by atoms with Gasteiger partial charge in [0.1, 0.15) is 6.42 Å². The van der Waals surface area contributed by atoms with Gasteiger partial charge in [0.25, 0.3) is 5.91 Å². The van der Waals surface area contributed by atoms with Crippen LogP contribution in [0.5, 0.6) is 0 Å². The largest absolute Gasteiger partial charge is 0.355 e. The highest BCUT2D eigenvalue weighted by molar-refractivity contribution is 5.94. The maximum absolute atomic E-state index is 13.7. The molecule has 0 unspecified atom stereocenters. The van der Waals surface area contributed by atoms with Gasteiger partial charge in [-0.25, -0.2) is 13.2 Å². The fraction of sp³-hybridized carbons (Fsp3) is 0.438. The molecule has 1 saturated heterocycles. The first-order valence-electron chi connectivity index (χ1n) is 7.50. The zero-order chi connectivity index (χ0) is 17.7. The first kappa shape index (κ1) is 17.8. The van der Waals surface area contributed by atoms with Crippen molar-refractivity contribution in [1.82, 2.24) is 10.2 Å². The fourth-order valence-corrected chi connectivity index (χ4v) is 2.59. The molecule has 128 valence electrons. The Hall–Kier alpha value is -2.56. The topological polar surface area (TPSA) is 73.2 Å². The van der Waals surface area contributed by atoms with Crippen LogP contribution < -0.4 is 5.32 Å². The van der Waals surface area contributed by atoms with Crippen molar-refractivity contribution in [3.05, 3.63) is 35.1 Å². The third-order valence-corrected chi connectivity index (χ3v) is 3.99. The molecule has 0 atom stereocenters. The molecule has 1 fully saturated rings. The molecule has 1 aromatic carbocycles. The average molecular weight is 339 g/mol. The monoisotopic (exact) mass is 339 g/mol. The van der Waals surface area contributed by atoms with Gasteiger partial charge in [0.05, 0.1) is 11.6 Å². The van der Waals surface area contributed by atoms with Crippen LogP contribution in [0.2, 0.25) is 0 Å². The number of nitrogens with one attached hydrogen (secondary N) is 1. The van der Waals surface area contributed by atoms with E-state index in [4.69, 9.17) is 5.26 Å². The Kier molecular flexibility index (Phi) is 5.79. The molecule has 8 heteroatoms. The normalized spacial score (nSPS) is 15.0. The van der Waals surface area contributed by atoms with Gasteiger partial charge in [0, 0.05) is 19.6 Å². The number of nitrogens with zero attached hydrogens (tertiary/aromatic N) is 2. The van der Waals surface area contributed by atoms with Crippen molar-refractivity contribution in [3.63, 3.8) is 0 Å². The van der Waals surface area contributed by atoms with Crippen molar-refractivity contribution < 1.29 is 22.8 Å². The summed E-state index contributed by atoms with van der Waals surface area (Å²) in [5, 5.41) is 11.0. The molecule has 1 aliphatic heterocycles. The highest BCUT2D eigenvalue weighted by atomic mass is 19.2. The Morgan fingerprint density at radius 2 is 1.88 bits per heavy atom. The summed E-state index contributed by atoms with van der Waals surface area (Å²) in [5.74, 6) is -5.36. The Labute approximate surface area is 137 Å². The predicted molar refractivity (Wildman–Crippen MR) is 78.2 cm³/mol. The minimum atomic E-state index is -1.66. The van der Waals surface area contributed by atoms with Crippen molar-refractivity contribution in [3.8, 4) is 6.07 Å². The minimum absolute atomic E-state index is 0.145. The molecule has 0 saturated carbocycles. The molecule has 1 aliphatic rings. The zero-order valence-electron chi connectivity index (χ0n) is 12.8. The quantitative estimate of drug-likeness (QED) is 0.853. The van der Waals surface area contributed by atoms with Crippen molar-refractivity contribution in [2.75, 3.05) is 19.6 Å². The Balaban J connectivity index is 1.90. The van der Waals surface area contributed by atoms with E-state index in [0.29, 0.717) is 32.5 Å². The Morgan fingerprint density at radius 3 is 2.50 bits per heavy atom.